The van der Waals surface area contributed by atoms with Crippen molar-refractivity contribution in [3.05, 3.63) is 69.2 Å². The number of aromatic nitrogens is 2. The van der Waals surface area contributed by atoms with Crippen LogP contribution in [0.15, 0.2) is 36.7 Å². The van der Waals surface area contributed by atoms with E-state index >= 15 is 0 Å². The van der Waals surface area contributed by atoms with E-state index in [-0.39, 0.29) is 11.7 Å². The summed E-state index contributed by atoms with van der Waals surface area (Å²) in [7, 11) is 0. The number of carbonyl (C=O) groups is 1. The predicted molar refractivity (Wildman–Crippen MR) is 95.8 cm³/mol. The molecule has 1 N–H and O–H groups in total. The maximum absolute atomic E-state index is 14.4. The van der Waals surface area contributed by atoms with Crippen LogP contribution in [0.3, 0.4) is 0 Å². The summed E-state index contributed by atoms with van der Waals surface area (Å²) >= 11 is 1.57. The molecule has 1 aliphatic carbocycles. The molecule has 0 aliphatic heterocycles. The number of thiophene rings is 1. The molecule has 0 fully saturated rings. The number of hydrogen-bond donors (Lipinski definition) is 1. The van der Waals surface area contributed by atoms with Gasteiger partial charge in [-0.25, -0.2) is 9.37 Å². The fourth-order valence-electron chi connectivity index (χ4n) is 3.20. The first-order valence-corrected chi connectivity index (χ1v) is 9.12. The third-order valence-electron chi connectivity index (χ3n) is 4.52. The second-order valence-corrected chi connectivity index (χ2v) is 7.36. The van der Waals surface area contributed by atoms with Crippen molar-refractivity contribution in [2.24, 2.45) is 0 Å². The summed E-state index contributed by atoms with van der Waals surface area (Å²) in [5, 5.41) is 2.88. The Morgan fingerprint density at radius 3 is 2.96 bits per heavy atom. The topological polar surface area (TPSA) is 46.9 Å². The van der Waals surface area contributed by atoms with Crippen LogP contribution in [0.4, 0.5) is 4.39 Å². The molecule has 6 heteroatoms. The largest absolute Gasteiger partial charge is 0.347 e. The minimum Gasteiger partial charge on any atom is -0.347 e. The number of rotatable bonds is 4. The number of halogens is 1. The molecule has 0 atom stereocenters. The van der Waals surface area contributed by atoms with Crippen molar-refractivity contribution >= 4 is 17.2 Å². The van der Waals surface area contributed by atoms with Crippen molar-refractivity contribution in [2.45, 2.75) is 32.7 Å². The molecule has 0 saturated carbocycles. The van der Waals surface area contributed by atoms with Gasteiger partial charge in [0.1, 0.15) is 11.6 Å². The summed E-state index contributed by atoms with van der Waals surface area (Å²) in [6.07, 6.45) is 6.70. The second-order valence-electron chi connectivity index (χ2n) is 6.23. The molecule has 1 amide bonds. The third kappa shape index (κ3) is 3.09. The summed E-state index contributed by atoms with van der Waals surface area (Å²) in [5.41, 5.74) is 2.50. The van der Waals surface area contributed by atoms with Gasteiger partial charge in [0.2, 0.25) is 0 Å². The highest BCUT2D eigenvalue weighted by Gasteiger charge is 2.18. The highest BCUT2D eigenvalue weighted by molar-refractivity contribution is 7.14. The number of imidazole rings is 1. The summed E-state index contributed by atoms with van der Waals surface area (Å²) in [6.45, 7) is 2.13. The van der Waals surface area contributed by atoms with E-state index in [9.17, 15) is 9.18 Å². The number of amides is 1. The SMILES string of the molecule is Cc1nccn1-c1ccc(CNC(=O)c2cc3c(s2)CCC3)cc1F. The van der Waals surface area contributed by atoms with E-state index in [4.69, 9.17) is 0 Å². The van der Waals surface area contributed by atoms with Crippen LogP contribution in [0, 0.1) is 12.7 Å². The van der Waals surface area contributed by atoms with Crippen LogP contribution in [-0.2, 0) is 19.4 Å². The van der Waals surface area contributed by atoms with Crippen LogP contribution < -0.4 is 5.32 Å². The molecule has 2 aromatic heterocycles. The monoisotopic (exact) mass is 355 g/mol. The fraction of sp³-hybridized carbons (Fsp3) is 0.263. The van der Waals surface area contributed by atoms with Crippen LogP contribution >= 0.6 is 11.3 Å². The van der Waals surface area contributed by atoms with Crippen LogP contribution in [0.25, 0.3) is 5.69 Å². The lowest BCUT2D eigenvalue weighted by atomic mass is 10.2. The van der Waals surface area contributed by atoms with Gasteiger partial charge in [0, 0.05) is 23.8 Å². The maximum Gasteiger partial charge on any atom is 0.261 e. The predicted octanol–water partition coefficient (Wildman–Crippen LogP) is 3.80. The summed E-state index contributed by atoms with van der Waals surface area (Å²) in [5.74, 6) is 0.308. The van der Waals surface area contributed by atoms with Crippen molar-refractivity contribution in [3.63, 3.8) is 0 Å². The lowest BCUT2D eigenvalue weighted by Gasteiger charge is -2.09. The lowest BCUT2D eigenvalue weighted by Crippen LogP contribution is -2.22. The van der Waals surface area contributed by atoms with Gasteiger partial charge in [-0.05, 0) is 55.5 Å². The van der Waals surface area contributed by atoms with Crippen LogP contribution in [0.2, 0.25) is 0 Å². The van der Waals surface area contributed by atoms with Gasteiger partial charge in [0.15, 0.2) is 0 Å². The summed E-state index contributed by atoms with van der Waals surface area (Å²) in [4.78, 5) is 18.5. The Balaban J connectivity index is 1.45. The van der Waals surface area contributed by atoms with Gasteiger partial charge < -0.3 is 9.88 Å². The molecule has 0 unspecified atom stereocenters. The first-order chi connectivity index (χ1) is 12.1. The number of hydrogen-bond acceptors (Lipinski definition) is 3. The Bertz CT molecular complexity index is 923. The molecule has 1 aromatic carbocycles. The van der Waals surface area contributed by atoms with Crippen molar-refractivity contribution in [3.8, 4) is 5.69 Å². The average Bonchev–Trinajstić information content (AvgIpc) is 3.28. The Kier molecular flexibility index (Phi) is 4.13. The van der Waals surface area contributed by atoms with Gasteiger partial charge >= 0.3 is 0 Å². The van der Waals surface area contributed by atoms with Crippen molar-refractivity contribution in [2.75, 3.05) is 0 Å². The molecule has 1 aliphatic rings. The van der Waals surface area contributed by atoms with E-state index in [1.807, 2.05) is 19.1 Å². The normalized spacial score (nSPS) is 13.0. The molecule has 0 spiro atoms. The van der Waals surface area contributed by atoms with Gasteiger partial charge in [0.25, 0.3) is 5.91 Å². The van der Waals surface area contributed by atoms with Crippen LogP contribution in [-0.4, -0.2) is 15.5 Å². The van der Waals surface area contributed by atoms with Gasteiger partial charge in [-0.15, -0.1) is 11.3 Å². The molecule has 0 saturated heterocycles. The molecule has 3 aromatic rings. The zero-order chi connectivity index (χ0) is 17.4. The Morgan fingerprint density at radius 2 is 2.24 bits per heavy atom. The van der Waals surface area contributed by atoms with Crippen molar-refractivity contribution < 1.29 is 9.18 Å². The zero-order valence-electron chi connectivity index (χ0n) is 13.9. The molecule has 128 valence electrons. The quantitative estimate of drug-likeness (QED) is 0.774. The number of fused-ring (bicyclic) bond motifs is 1. The molecule has 25 heavy (non-hydrogen) atoms. The first kappa shape index (κ1) is 16.0. The van der Waals surface area contributed by atoms with E-state index in [0.29, 0.717) is 12.2 Å². The van der Waals surface area contributed by atoms with Crippen LogP contribution in [0.1, 0.15) is 37.9 Å². The number of aryl methyl sites for hydroxylation is 3. The number of nitrogens with one attached hydrogen (secondary N) is 1. The van der Waals surface area contributed by atoms with E-state index in [1.54, 1.807) is 34.4 Å². The second kappa shape index (κ2) is 6.44. The minimum atomic E-state index is -0.331. The molecular formula is C19H18FN3OS. The van der Waals surface area contributed by atoms with Gasteiger partial charge in [0.05, 0.1) is 10.6 Å². The molecule has 0 radical (unpaired) electrons. The summed E-state index contributed by atoms with van der Waals surface area (Å²) in [6, 6.07) is 7.00. The van der Waals surface area contributed by atoms with Crippen LogP contribution in [0.5, 0.6) is 0 Å². The van der Waals surface area contributed by atoms with Gasteiger partial charge in [-0.3, -0.25) is 4.79 Å². The van der Waals surface area contributed by atoms with Crippen molar-refractivity contribution in [1.29, 1.82) is 0 Å². The van der Waals surface area contributed by atoms with Gasteiger partial charge in [-0.2, -0.15) is 0 Å². The standard InChI is InChI=1S/C19H18FN3OS/c1-12-21-7-8-23(12)16-6-5-13(9-15(16)20)11-22-19(24)18-10-14-3-2-4-17(14)25-18/h5-10H,2-4,11H2,1H3,(H,22,24). The Morgan fingerprint density at radius 1 is 1.36 bits per heavy atom. The lowest BCUT2D eigenvalue weighted by molar-refractivity contribution is 0.0955. The average molecular weight is 355 g/mol. The smallest absolute Gasteiger partial charge is 0.261 e. The number of benzene rings is 1. The molecule has 2 heterocycles. The molecule has 4 nitrogen and oxygen atoms in total. The number of carbonyl (C=O) groups excluding carboxylic acids is 1. The van der Waals surface area contributed by atoms with Crippen molar-refractivity contribution in [1.82, 2.24) is 14.9 Å². The maximum atomic E-state index is 14.4. The van der Waals surface area contributed by atoms with E-state index in [2.05, 4.69) is 10.3 Å². The van der Waals surface area contributed by atoms with Gasteiger partial charge in [-0.1, -0.05) is 6.07 Å². The number of nitrogens with zero attached hydrogens (tertiary/aromatic N) is 2. The molecule has 0 bridgehead atoms. The van der Waals surface area contributed by atoms with E-state index < -0.39 is 0 Å². The Labute approximate surface area is 149 Å². The first-order valence-electron chi connectivity index (χ1n) is 8.30. The zero-order valence-corrected chi connectivity index (χ0v) is 14.7. The highest BCUT2D eigenvalue weighted by Crippen LogP contribution is 2.30. The molecule has 4 rings (SSSR count). The fourth-order valence-corrected chi connectivity index (χ4v) is 4.37. The Hall–Kier alpha value is -2.47. The molecular weight excluding hydrogens is 337 g/mol. The van der Waals surface area contributed by atoms with E-state index in [0.717, 1.165) is 29.1 Å². The summed E-state index contributed by atoms with van der Waals surface area (Å²) < 4.78 is 16.1. The van der Waals surface area contributed by atoms with E-state index in [1.165, 1.54) is 22.9 Å². The highest BCUT2D eigenvalue weighted by atomic mass is 32.1. The minimum absolute atomic E-state index is 0.0886. The third-order valence-corrected chi connectivity index (χ3v) is 5.76.